The number of rotatable bonds is 4. The summed E-state index contributed by atoms with van der Waals surface area (Å²) >= 11 is 0. The Bertz CT molecular complexity index is 729. The fraction of sp³-hybridized carbons (Fsp3) is 0.562. The van der Waals surface area contributed by atoms with Crippen molar-refractivity contribution in [2.45, 2.75) is 51.1 Å². The summed E-state index contributed by atoms with van der Waals surface area (Å²) in [6.45, 7) is 10.1. The summed E-state index contributed by atoms with van der Waals surface area (Å²) in [5.74, 6) is -1.15. The van der Waals surface area contributed by atoms with Crippen LogP contribution in [0.15, 0.2) is 29.2 Å². The summed E-state index contributed by atoms with van der Waals surface area (Å²) in [4.78, 5) is 13.7. The van der Waals surface area contributed by atoms with E-state index in [1.807, 2.05) is 13.8 Å². The van der Waals surface area contributed by atoms with Gasteiger partial charge in [0.15, 0.2) is 0 Å². The van der Waals surface area contributed by atoms with Crippen LogP contribution in [0, 0.1) is 11.2 Å². The van der Waals surface area contributed by atoms with E-state index in [4.69, 9.17) is 0 Å². The van der Waals surface area contributed by atoms with Crippen LogP contribution < -0.4 is 4.72 Å². The normalized spacial score (nSPS) is 20.7. The monoisotopic (exact) mass is 342 g/mol. The number of hydrogen-bond acceptors (Lipinski definition) is 3. The number of likely N-dealkylation sites (tertiary alicyclic amines) is 1. The van der Waals surface area contributed by atoms with E-state index in [-0.39, 0.29) is 16.9 Å². The van der Waals surface area contributed by atoms with E-state index >= 15 is 0 Å². The Hall–Kier alpha value is -1.47. The molecule has 1 heterocycles. The molecule has 0 spiro atoms. The number of carbonyl (C=O) groups excluding carboxylic acids is 1. The molecule has 2 rings (SSSR count). The highest BCUT2D eigenvalue weighted by molar-refractivity contribution is 7.89. The van der Waals surface area contributed by atoms with Crippen LogP contribution in [0.1, 0.15) is 34.6 Å². The lowest BCUT2D eigenvalue weighted by Crippen LogP contribution is -2.72. The summed E-state index contributed by atoms with van der Waals surface area (Å²) in [6, 6.07) is 4.13. The van der Waals surface area contributed by atoms with Crippen molar-refractivity contribution in [3.63, 3.8) is 0 Å². The summed E-state index contributed by atoms with van der Waals surface area (Å²) < 4.78 is 40.5. The van der Waals surface area contributed by atoms with Gasteiger partial charge < -0.3 is 4.90 Å². The SMILES string of the molecule is C[C@H](NS(=O)(=O)c1ccccc1F)C(=O)N1CC(C)(C)C1(C)C. The molecule has 1 aliphatic rings. The fourth-order valence-corrected chi connectivity index (χ4v) is 3.93. The van der Waals surface area contributed by atoms with Crippen molar-refractivity contribution in [1.82, 2.24) is 9.62 Å². The number of nitrogens with one attached hydrogen (secondary N) is 1. The van der Waals surface area contributed by atoms with Crippen LogP contribution in [0.2, 0.25) is 0 Å². The van der Waals surface area contributed by atoms with E-state index < -0.39 is 26.8 Å². The van der Waals surface area contributed by atoms with Gasteiger partial charge in [-0.2, -0.15) is 4.72 Å². The number of carbonyl (C=O) groups is 1. The first-order chi connectivity index (χ1) is 10.4. The molecule has 1 aliphatic heterocycles. The van der Waals surface area contributed by atoms with Gasteiger partial charge in [-0.3, -0.25) is 4.79 Å². The molecule has 7 heteroatoms. The van der Waals surface area contributed by atoms with Gasteiger partial charge in [-0.15, -0.1) is 0 Å². The lowest BCUT2D eigenvalue weighted by atomic mass is 9.65. The van der Waals surface area contributed by atoms with Crippen molar-refractivity contribution in [2.24, 2.45) is 5.41 Å². The number of hydrogen-bond donors (Lipinski definition) is 1. The van der Waals surface area contributed by atoms with Crippen LogP contribution in [-0.4, -0.2) is 37.4 Å². The molecule has 1 N–H and O–H groups in total. The number of sulfonamides is 1. The summed E-state index contributed by atoms with van der Waals surface area (Å²) in [5.41, 5.74) is -0.394. The quantitative estimate of drug-likeness (QED) is 0.912. The van der Waals surface area contributed by atoms with Crippen LogP contribution in [0.4, 0.5) is 4.39 Å². The van der Waals surface area contributed by atoms with Gasteiger partial charge in [-0.05, 0) is 32.9 Å². The highest BCUT2D eigenvalue weighted by Gasteiger charge is 2.55. The Morgan fingerprint density at radius 3 is 2.30 bits per heavy atom. The summed E-state index contributed by atoms with van der Waals surface area (Å²) in [6.07, 6.45) is 0. The van der Waals surface area contributed by atoms with Crippen LogP contribution in [-0.2, 0) is 14.8 Å². The van der Waals surface area contributed by atoms with E-state index in [1.165, 1.54) is 25.1 Å². The molecule has 5 nitrogen and oxygen atoms in total. The van der Waals surface area contributed by atoms with Crippen LogP contribution in [0.3, 0.4) is 0 Å². The lowest BCUT2D eigenvalue weighted by molar-refractivity contribution is -0.168. The Balaban J connectivity index is 2.15. The standard InChI is InChI=1S/C16H23FN2O3S/c1-11(14(20)19-10-15(2,3)16(19,4)5)18-23(21,22)13-9-7-6-8-12(13)17/h6-9,11,18H,10H2,1-5H3/t11-/m0/s1. The molecule has 1 amide bonds. The van der Waals surface area contributed by atoms with Gasteiger partial charge in [-0.25, -0.2) is 12.8 Å². The molecule has 0 bridgehead atoms. The molecule has 128 valence electrons. The summed E-state index contributed by atoms with van der Waals surface area (Å²) in [7, 11) is -4.09. The second kappa shape index (κ2) is 5.56. The van der Waals surface area contributed by atoms with Gasteiger partial charge >= 0.3 is 0 Å². The van der Waals surface area contributed by atoms with E-state index in [1.54, 1.807) is 4.90 Å². The maximum Gasteiger partial charge on any atom is 0.244 e. The number of amides is 1. The molecule has 1 aromatic rings. The van der Waals surface area contributed by atoms with Gasteiger partial charge in [0, 0.05) is 17.5 Å². The molecule has 0 aliphatic carbocycles. The van der Waals surface area contributed by atoms with E-state index in [0.29, 0.717) is 6.54 Å². The van der Waals surface area contributed by atoms with E-state index in [9.17, 15) is 17.6 Å². The zero-order valence-electron chi connectivity index (χ0n) is 14.1. The molecule has 1 aromatic carbocycles. The molecular weight excluding hydrogens is 319 g/mol. The lowest BCUT2D eigenvalue weighted by Gasteiger charge is -2.61. The highest BCUT2D eigenvalue weighted by atomic mass is 32.2. The first-order valence-electron chi connectivity index (χ1n) is 7.48. The average molecular weight is 342 g/mol. The van der Waals surface area contributed by atoms with Gasteiger partial charge in [-0.1, -0.05) is 26.0 Å². The number of halogens is 1. The second-order valence-electron chi connectivity index (χ2n) is 7.14. The van der Waals surface area contributed by atoms with Crippen LogP contribution in [0.25, 0.3) is 0 Å². The maximum absolute atomic E-state index is 13.7. The van der Waals surface area contributed by atoms with Crippen LogP contribution >= 0.6 is 0 Å². The zero-order chi connectivity index (χ0) is 17.6. The minimum absolute atomic E-state index is 0.0349. The first-order valence-corrected chi connectivity index (χ1v) is 8.97. The van der Waals surface area contributed by atoms with E-state index in [0.717, 1.165) is 6.07 Å². The molecule has 0 aromatic heterocycles. The van der Waals surface area contributed by atoms with Crippen molar-refractivity contribution >= 4 is 15.9 Å². The first kappa shape index (κ1) is 17.9. The summed E-state index contributed by atoms with van der Waals surface area (Å²) in [5, 5.41) is 0. The van der Waals surface area contributed by atoms with Gasteiger partial charge in [0.05, 0.1) is 6.04 Å². The third kappa shape index (κ3) is 2.99. The Morgan fingerprint density at radius 1 is 1.26 bits per heavy atom. The molecule has 0 unspecified atom stereocenters. The Kier molecular flexibility index (Phi) is 4.32. The average Bonchev–Trinajstić information content (AvgIpc) is 2.43. The van der Waals surface area contributed by atoms with Crippen LogP contribution in [0.5, 0.6) is 0 Å². The molecule has 0 radical (unpaired) electrons. The Labute approximate surface area is 136 Å². The van der Waals surface area contributed by atoms with Gasteiger partial charge in [0.2, 0.25) is 15.9 Å². The second-order valence-corrected chi connectivity index (χ2v) is 8.82. The van der Waals surface area contributed by atoms with Crippen molar-refractivity contribution in [2.75, 3.05) is 6.54 Å². The molecule has 0 saturated carbocycles. The molecule has 1 atom stereocenters. The van der Waals surface area contributed by atoms with Crippen molar-refractivity contribution in [1.29, 1.82) is 0 Å². The predicted molar refractivity (Wildman–Crippen MR) is 85.8 cm³/mol. The van der Waals surface area contributed by atoms with Crippen molar-refractivity contribution < 1.29 is 17.6 Å². The zero-order valence-corrected chi connectivity index (χ0v) is 14.9. The fourth-order valence-electron chi connectivity index (χ4n) is 2.66. The van der Waals surface area contributed by atoms with E-state index in [2.05, 4.69) is 18.6 Å². The van der Waals surface area contributed by atoms with Crippen molar-refractivity contribution in [3.8, 4) is 0 Å². The molecule has 1 fully saturated rings. The minimum atomic E-state index is -4.09. The maximum atomic E-state index is 13.7. The third-order valence-corrected chi connectivity index (χ3v) is 6.55. The smallest absolute Gasteiger partial charge is 0.244 e. The predicted octanol–water partition coefficient (Wildman–Crippen LogP) is 2.14. The molecule has 23 heavy (non-hydrogen) atoms. The molecule has 1 saturated heterocycles. The Morgan fingerprint density at radius 2 is 1.83 bits per heavy atom. The van der Waals surface area contributed by atoms with Gasteiger partial charge in [0.25, 0.3) is 0 Å². The minimum Gasteiger partial charge on any atom is -0.335 e. The largest absolute Gasteiger partial charge is 0.335 e. The topological polar surface area (TPSA) is 66.5 Å². The number of benzene rings is 1. The number of nitrogens with zero attached hydrogens (tertiary/aromatic N) is 1. The third-order valence-electron chi connectivity index (χ3n) is 4.98. The van der Waals surface area contributed by atoms with Crippen molar-refractivity contribution in [3.05, 3.63) is 30.1 Å². The highest BCUT2D eigenvalue weighted by Crippen LogP contribution is 2.46. The molecular formula is C16H23FN2O3S. The van der Waals surface area contributed by atoms with Gasteiger partial charge in [0.1, 0.15) is 10.7 Å².